The molecule has 0 aromatic carbocycles. The van der Waals surface area contributed by atoms with Crippen molar-refractivity contribution in [2.45, 2.75) is 51.8 Å². The lowest BCUT2D eigenvalue weighted by Crippen LogP contribution is -2.46. The second-order valence-corrected chi connectivity index (χ2v) is 3.39. The number of aliphatic hydroxyl groups is 1. The Balaban J connectivity index is 3.60. The van der Waals surface area contributed by atoms with Crippen molar-refractivity contribution >= 4 is 0 Å². The Hall–Kier alpha value is -0.120. The lowest BCUT2D eigenvalue weighted by Gasteiger charge is -2.22. The molecule has 0 rings (SSSR count). The molecule has 0 aromatic rings. The quantitative estimate of drug-likeness (QED) is 0.394. The topological polar surface area (TPSA) is 44.3 Å². The summed E-state index contributed by atoms with van der Waals surface area (Å²) in [6, 6.07) is 0.187. The van der Waals surface area contributed by atoms with Crippen LogP contribution in [0.25, 0.3) is 0 Å². The molecule has 0 bridgehead atoms. The molecule has 0 spiro atoms. The molecule has 0 aliphatic carbocycles. The van der Waals surface area contributed by atoms with E-state index in [1.165, 1.54) is 19.3 Å². The summed E-state index contributed by atoms with van der Waals surface area (Å²) in [5.74, 6) is 0. The van der Waals surface area contributed by atoms with E-state index in [0.29, 0.717) is 0 Å². The maximum absolute atomic E-state index is 9.63. The fourth-order valence-electron chi connectivity index (χ4n) is 1.43. The summed E-state index contributed by atoms with van der Waals surface area (Å²) in [4.78, 5) is 0. The first-order valence-electron chi connectivity index (χ1n) is 5.34. The average molecular weight is 188 g/mol. The summed E-state index contributed by atoms with van der Waals surface area (Å²) in [6.07, 6.45) is 4.29. The van der Waals surface area contributed by atoms with Crippen LogP contribution in [0.4, 0.5) is 0 Å². The molecule has 2 atom stereocenters. The largest absolute Gasteiger partial charge is 0.377 e. The van der Waals surface area contributed by atoms with Crippen molar-refractivity contribution in [3.63, 3.8) is 0 Å². The second kappa shape index (κ2) is 8.48. The third-order valence-corrected chi connectivity index (χ3v) is 2.28. The van der Waals surface area contributed by atoms with Crippen molar-refractivity contribution in [2.24, 2.45) is 0 Å². The van der Waals surface area contributed by atoms with Gasteiger partial charge in [0.25, 0.3) is 0 Å². The van der Waals surface area contributed by atoms with Gasteiger partial charge in [-0.2, -0.15) is 0 Å². The maximum atomic E-state index is 9.63. The first kappa shape index (κ1) is 12.9. The van der Waals surface area contributed by atoms with E-state index in [0.717, 1.165) is 13.0 Å². The van der Waals surface area contributed by atoms with Crippen LogP contribution in [-0.4, -0.2) is 31.0 Å². The molecule has 3 heteroatoms. The van der Waals surface area contributed by atoms with Gasteiger partial charge in [-0.05, 0) is 20.0 Å². The highest BCUT2D eigenvalue weighted by atomic mass is 16.3. The van der Waals surface area contributed by atoms with Gasteiger partial charge in [-0.25, -0.2) is 0 Å². The van der Waals surface area contributed by atoms with Gasteiger partial charge in [0, 0.05) is 6.04 Å². The van der Waals surface area contributed by atoms with E-state index in [-0.39, 0.29) is 6.04 Å². The first-order chi connectivity index (χ1) is 6.26. The Labute approximate surface area is 81.9 Å². The van der Waals surface area contributed by atoms with E-state index in [1.54, 1.807) is 0 Å². The normalized spacial score (nSPS) is 15.7. The standard InChI is InChI=1S/C10H24N2O/c1-4-6-7-8-9(11-3)10(13)12-5-2/h9-13H,4-8H2,1-3H3. The molecule has 0 aromatic heterocycles. The van der Waals surface area contributed by atoms with Gasteiger partial charge in [0.2, 0.25) is 0 Å². The smallest absolute Gasteiger partial charge is 0.120 e. The van der Waals surface area contributed by atoms with Crippen LogP contribution in [0.15, 0.2) is 0 Å². The van der Waals surface area contributed by atoms with Gasteiger partial charge >= 0.3 is 0 Å². The predicted octanol–water partition coefficient (Wildman–Crippen LogP) is 1.08. The lowest BCUT2D eigenvalue weighted by molar-refractivity contribution is 0.0938. The Kier molecular flexibility index (Phi) is 8.40. The van der Waals surface area contributed by atoms with Crippen molar-refractivity contribution in [2.75, 3.05) is 13.6 Å². The van der Waals surface area contributed by atoms with Crippen LogP contribution in [-0.2, 0) is 0 Å². The molecule has 0 amide bonds. The van der Waals surface area contributed by atoms with E-state index in [4.69, 9.17) is 0 Å². The molecule has 0 radical (unpaired) electrons. The van der Waals surface area contributed by atoms with E-state index in [9.17, 15) is 5.11 Å². The second-order valence-electron chi connectivity index (χ2n) is 3.39. The van der Waals surface area contributed by atoms with Crippen molar-refractivity contribution in [3.8, 4) is 0 Å². The minimum absolute atomic E-state index is 0.187. The van der Waals surface area contributed by atoms with Crippen molar-refractivity contribution in [1.29, 1.82) is 0 Å². The molecule has 0 aliphatic heterocycles. The molecule has 13 heavy (non-hydrogen) atoms. The SMILES string of the molecule is CCCCCC(NC)C(O)NCC. The van der Waals surface area contributed by atoms with Gasteiger partial charge in [-0.1, -0.05) is 33.1 Å². The van der Waals surface area contributed by atoms with E-state index >= 15 is 0 Å². The van der Waals surface area contributed by atoms with Crippen LogP contribution in [0.2, 0.25) is 0 Å². The lowest BCUT2D eigenvalue weighted by atomic mass is 10.1. The molecule has 3 nitrogen and oxygen atoms in total. The predicted molar refractivity (Wildman–Crippen MR) is 56.7 cm³/mol. The van der Waals surface area contributed by atoms with Gasteiger partial charge in [0.15, 0.2) is 0 Å². The van der Waals surface area contributed by atoms with Crippen LogP contribution in [0, 0.1) is 0 Å². The highest BCUT2D eigenvalue weighted by Gasteiger charge is 2.14. The van der Waals surface area contributed by atoms with Crippen LogP contribution in [0.3, 0.4) is 0 Å². The third-order valence-electron chi connectivity index (χ3n) is 2.28. The summed E-state index contributed by atoms with van der Waals surface area (Å²) in [7, 11) is 1.90. The Morgan fingerprint density at radius 2 is 1.92 bits per heavy atom. The molecular formula is C10H24N2O. The molecule has 80 valence electrons. The Bertz CT molecular complexity index is 109. The highest BCUT2D eigenvalue weighted by Crippen LogP contribution is 2.05. The summed E-state index contributed by atoms with van der Waals surface area (Å²) in [6.45, 7) is 5.00. The molecule has 0 saturated heterocycles. The van der Waals surface area contributed by atoms with Crippen LogP contribution in [0.1, 0.15) is 39.5 Å². The van der Waals surface area contributed by atoms with Gasteiger partial charge in [-0.3, -0.25) is 5.32 Å². The van der Waals surface area contributed by atoms with Gasteiger partial charge in [-0.15, -0.1) is 0 Å². The zero-order valence-electron chi connectivity index (χ0n) is 9.14. The monoisotopic (exact) mass is 188 g/mol. The minimum atomic E-state index is -0.410. The number of hydrogen-bond acceptors (Lipinski definition) is 3. The van der Waals surface area contributed by atoms with Crippen molar-refractivity contribution in [1.82, 2.24) is 10.6 Å². The summed E-state index contributed by atoms with van der Waals surface area (Å²) in [5, 5.41) is 15.8. The molecule has 2 unspecified atom stereocenters. The van der Waals surface area contributed by atoms with Gasteiger partial charge in [0.1, 0.15) is 6.23 Å². The zero-order chi connectivity index (χ0) is 10.1. The number of hydrogen-bond donors (Lipinski definition) is 3. The van der Waals surface area contributed by atoms with Crippen molar-refractivity contribution in [3.05, 3.63) is 0 Å². The van der Waals surface area contributed by atoms with E-state index in [2.05, 4.69) is 17.6 Å². The van der Waals surface area contributed by atoms with Crippen LogP contribution < -0.4 is 10.6 Å². The summed E-state index contributed by atoms with van der Waals surface area (Å²) in [5.41, 5.74) is 0. The number of likely N-dealkylation sites (N-methyl/N-ethyl adjacent to an activating group) is 2. The van der Waals surface area contributed by atoms with Gasteiger partial charge < -0.3 is 10.4 Å². The molecule has 0 fully saturated rings. The number of unbranched alkanes of at least 4 members (excludes halogenated alkanes) is 2. The van der Waals surface area contributed by atoms with E-state index in [1.807, 2.05) is 14.0 Å². The highest BCUT2D eigenvalue weighted by molar-refractivity contribution is 4.71. The summed E-state index contributed by atoms with van der Waals surface area (Å²) < 4.78 is 0. The maximum Gasteiger partial charge on any atom is 0.120 e. The number of nitrogens with one attached hydrogen (secondary N) is 2. The number of rotatable bonds is 8. The Morgan fingerprint density at radius 1 is 1.23 bits per heavy atom. The van der Waals surface area contributed by atoms with E-state index < -0.39 is 6.23 Å². The average Bonchev–Trinajstić information content (AvgIpc) is 2.13. The molecular weight excluding hydrogens is 164 g/mol. The fraction of sp³-hybridized carbons (Fsp3) is 1.00. The zero-order valence-corrected chi connectivity index (χ0v) is 9.14. The molecule has 0 saturated carbocycles. The van der Waals surface area contributed by atoms with Crippen LogP contribution >= 0.6 is 0 Å². The number of aliphatic hydroxyl groups excluding tert-OH is 1. The van der Waals surface area contributed by atoms with Crippen LogP contribution in [0.5, 0.6) is 0 Å². The fourth-order valence-corrected chi connectivity index (χ4v) is 1.43. The third kappa shape index (κ3) is 6.02. The summed E-state index contributed by atoms with van der Waals surface area (Å²) >= 11 is 0. The Morgan fingerprint density at radius 3 is 2.38 bits per heavy atom. The molecule has 3 N–H and O–H groups in total. The van der Waals surface area contributed by atoms with Crippen molar-refractivity contribution < 1.29 is 5.11 Å². The molecule has 0 aliphatic rings. The first-order valence-corrected chi connectivity index (χ1v) is 5.34. The minimum Gasteiger partial charge on any atom is -0.377 e. The molecule has 0 heterocycles. The van der Waals surface area contributed by atoms with Gasteiger partial charge in [0.05, 0.1) is 0 Å².